The lowest BCUT2D eigenvalue weighted by Crippen LogP contribution is -2.42. The number of rotatable bonds is 8. The first-order valence-electron chi connectivity index (χ1n) is 8.88. The summed E-state index contributed by atoms with van der Waals surface area (Å²) in [5.41, 5.74) is 0.352. The third-order valence-corrected chi connectivity index (χ3v) is 5.32. The van der Waals surface area contributed by atoms with Crippen LogP contribution in [0.2, 0.25) is 0 Å². The Hall–Kier alpha value is -0.0800. The number of guanidine groups is 1. The van der Waals surface area contributed by atoms with Gasteiger partial charge in [0, 0.05) is 39.3 Å². The Morgan fingerprint density at radius 1 is 1.26 bits per heavy atom. The van der Waals surface area contributed by atoms with Gasteiger partial charge in [0.1, 0.15) is 0 Å². The summed E-state index contributed by atoms with van der Waals surface area (Å²) in [7, 11) is 1.77. The number of methoxy groups -OCH3 is 1. The molecule has 2 rings (SSSR count). The Kier molecular flexibility index (Phi) is 9.77. The van der Waals surface area contributed by atoms with Gasteiger partial charge in [-0.25, -0.2) is 0 Å². The van der Waals surface area contributed by atoms with Crippen molar-refractivity contribution in [1.29, 1.82) is 0 Å². The summed E-state index contributed by atoms with van der Waals surface area (Å²) < 4.78 is 5.25. The van der Waals surface area contributed by atoms with Gasteiger partial charge in [-0.05, 0) is 44.4 Å². The quantitative estimate of drug-likeness (QED) is 0.309. The predicted molar refractivity (Wildman–Crippen MR) is 106 cm³/mol. The first-order chi connectivity index (χ1) is 10.7. The molecule has 23 heavy (non-hydrogen) atoms. The highest BCUT2D eigenvalue weighted by molar-refractivity contribution is 14.0. The van der Waals surface area contributed by atoms with Crippen LogP contribution < -0.4 is 10.6 Å². The first-order valence-corrected chi connectivity index (χ1v) is 8.88. The van der Waals surface area contributed by atoms with Gasteiger partial charge >= 0.3 is 0 Å². The minimum Gasteiger partial charge on any atom is -0.393 e. The summed E-state index contributed by atoms with van der Waals surface area (Å²) in [5.74, 6) is 1.26. The van der Waals surface area contributed by atoms with Crippen molar-refractivity contribution in [3.8, 4) is 0 Å². The fourth-order valence-corrected chi connectivity index (χ4v) is 3.55. The van der Waals surface area contributed by atoms with Crippen LogP contribution in [0.15, 0.2) is 4.99 Å². The highest BCUT2D eigenvalue weighted by Crippen LogP contribution is 2.44. The molecule has 0 radical (unpaired) electrons. The Balaban J connectivity index is 0.00000264. The SMILES string of the molecule is CCNC(=NCC1(CCOC)CCC1)NCC1CCCC1O.I. The maximum Gasteiger partial charge on any atom is 0.191 e. The molecule has 0 spiro atoms. The molecule has 3 N–H and O–H groups in total. The second-order valence-corrected chi connectivity index (χ2v) is 6.93. The van der Waals surface area contributed by atoms with Gasteiger partial charge in [0.05, 0.1) is 6.10 Å². The molecular weight excluding hydrogens is 405 g/mol. The molecule has 2 unspecified atom stereocenters. The molecular formula is C17H34IN3O2. The van der Waals surface area contributed by atoms with Crippen molar-refractivity contribution in [3.05, 3.63) is 0 Å². The van der Waals surface area contributed by atoms with E-state index in [9.17, 15) is 5.11 Å². The second-order valence-electron chi connectivity index (χ2n) is 6.93. The van der Waals surface area contributed by atoms with Crippen LogP contribution in [0.1, 0.15) is 51.9 Å². The fourth-order valence-electron chi connectivity index (χ4n) is 3.55. The molecule has 0 aromatic carbocycles. The molecule has 0 aliphatic heterocycles. The predicted octanol–water partition coefficient (Wildman–Crippen LogP) is 2.53. The number of aliphatic hydroxyl groups is 1. The van der Waals surface area contributed by atoms with Crippen LogP contribution in [0.25, 0.3) is 0 Å². The zero-order valence-corrected chi connectivity index (χ0v) is 17.0. The molecule has 0 aromatic heterocycles. The van der Waals surface area contributed by atoms with Crippen LogP contribution in [-0.4, -0.2) is 50.5 Å². The topological polar surface area (TPSA) is 65.9 Å². The van der Waals surface area contributed by atoms with Crippen molar-refractivity contribution >= 4 is 29.9 Å². The lowest BCUT2D eigenvalue weighted by molar-refractivity contribution is 0.0778. The first kappa shape index (κ1) is 21.0. The summed E-state index contributed by atoms with van der Waals surface area (Å²) >= 11 is 0. The standard InChI is InChI=1S/C17H33N3O2.HI/c1-3-18-16(19-12-14-6-4-7-15(14)21)20-13-17(8-5-9-17)10-11-22-2;/h14-15,21H,3-13H2,1-2H3,(H2,18,19,20);1H. The zero-order valence-electron chi connectivity index (χ0n) is 14.6. The minimum absolute atomic E-state index is 0. The third-order valence-electron chi connectivity index (χ3n) is 5.32. The van der Waals surface area contributed by atoms with E-state index in [1.807, 2.05) is 0 Å². The van der Waals surface area contributed by atoms with E-state index in [1.54, 1.807) is 7.11 Å². The normalized spacial score (nSPS) is 26.3. The number of hydrogen-bond donors (Lipinski definition) is 3. The van der Waals surface area contributed by atoms with Crippen molar-refractivity contribution in [2.24, 2.45) is 16.3 Å². The molecule has 0 heterocycles. The average molecular weight is 439 g/mol. The smallest absolute Gasteiger partial charge is 0.191 e. The largest absolute Gasteiger partial charge is 0.393 e. The minimum atomic E-state index is -0.143. The highest BCUT2D eigenvalue weighted by atomic mass is 127. The number of hydrogen-bond acceptors (Lipinski definition) is 3. The Bertz CT molecular complexity index is 362. The number of nitrogens with zero attached hydrogens (tertiary/aromatic N) is 1. The van der Waals surface area contributed by atoms with Crippen molar-refractivity contribution in [2.75, 3.05) is 33.4 Å². The maximum atomic E-state index is 9.92. The molecule has 2 aliphatic carbocycles. The molecule has 2 saturated carbocycles. The van der Waals surface area contributed by atoms with Crippen LogP contribution in [0.5, 0.6) is 0 Å². The number of halogens is 1. The number of aliphatic hydroxyl groups excluding tert-OH is 1. The van der Waals surface area contributed by atoms with Crippen molar-refractivity contribution in [2.45, 2.75) is 58.0 Å². The van der Waals surface area contributed by atoms with Crippen LogP contribution in [0, 0.1) is 11.3 Å². The van der Waals surface area contributed by atoms with Crippen molar-refractivity contribution in [3.63, 3.8) is 0 Å². The number of nitrogens with one attached hydrogen (secondary N) is 2. The van der Waals surface area contributed by atoms with Crippen LogP contribution >= 0.6 is 24.0 Å². The van der Waals surface area contributed by atoms with Gasteiger partial charge in [-0.2, -0.15) is 0 Å². The van der Waals surface area contributed by atoms with Crippen molar-refractivity contribution < 1.29 is 9.84 Å². The van der Waals surface area contributed by atoms with Gasteiger partial charge in [0.25, 0.3) is 0 Å². The highest BCUT2D eigenvalue weighted by Gasteiger charge is 2.36. The van der Waals surface area contributed by atoms with Crippen LogP contribution in [-0.2, 0) is 4.74 Å². The second kappa shape index (κ2) is 10.7. The molecule has 0 amide bonds. The number of ether oxygens (including phenoxy) is 1. The zero-order chi connectivity index (χ0) is 15.8. The van der Waals surface area contributed by atoms with E-state index in [2.05, 4.69) is 17.6 Å². The van der Waals surface area contributed by atoms with Crippen LogP contribution in [0.3, 0.4) is 0 Å². The molecule has 0 aromatic rings. The van der Waals surface area contributed by atoms with E-state index < -0.39 is 0 Å². The average Bonchev–Trinajstić information content (AvgIpc) is 2.88. The lowest BCUT2D eigenvalue weighted by Gasteiger charge is -2.40. The van der Waals surface area contributed by atoms with Gasteiger partial charge in [-0.3, -0.25) is 4.99 Å². The summed E-state index contributed by atoms with van der Waals surface area (Å²) in [5, 5.41) is 16.7. The Labute approximate surface area is 158 Å². The van der Waals surface area contributed by atoms with Gasteiger partial charge in [0.15, 0.2) is 5.96 Å². The van der Waals surface area contributed by atoms with Gasteiger partial charge in [0.2, 0.25) is 0 Å². The Morgan fingerprint density at radius 2 is 2.04 bits per heavy atom. The Morgan fingerprint density at radius 3 is 2.57 bits per heavy atom. The van der Waals surface area contributed by atoms with E-state index in [4.69, 9.17) is 9.73 Å². The van der Waals surface area contributed by atoms with E-state index in [1.165, 1.54) is 19.3 Å². The molecule has 2 aliphatic rings. The molecule has 0 bridgehead atoms. The monoisotopic (exact) mass is 439 g/mol. The summed E-state index contributed by atoms with van der Waals surface area (Å²) in [6, 6.07) is 0. The van der Waals surface area contributed by atoms with Gasteiger partial charge < -0.3 is 20.5 Å². The number of aliphatic imine (C=N–C) groups is 1. The van der Waals surface area contributed by atoms with E-state index in [0.29, 0.717) is 11.3 Å². The molecule has 2 fully saturated rings. The molecule has 136 valence electrons. The molecule has 0 saturated heterocycles. The van der Waals surface area contributed by atoms with Crippen molar-refractivity contribution in [1.82, 2.24) is 10.6 Å². The molecule has 5 nitrogen and oxygen atoms in total. The molecule has 6 heteroatoms. The van der Waals surface area contributed by atoms with Gasteiger partial charge in [-0.15, -0.1) is 24.0 Å². The van der Waals surface area contributed by atoms with Gasteiger partial charge in [-0.1, -0.05) is 12.8 Å². The fraction of sp³-hybridized carbons (Fsp3) is 0.941. The van der Waals surface area contributed by atoms with E-state index in [0.717, 1.165) is 57.9 Å². The maximum absolute atomic E-state index is 9.92. The third kappa shape index (κ3) is 6.38. The van der Waals surface area contributed by atoms with E-state index in [-0.39, 0.29) is 30.1 Å². The lowest BCUT2D eigenvalue weighted by atomic mass is 9.67. The van der Waals surface area contributed by atoms with Crippen LogP contribution in [0.4, 0.5) is 0 Å². The molecule has 2 atom stereocenters. The summed E-state index contributed by atoms with van der Waals surface area (Å²) in [6.07, 6.45) is 8.01. The summed E-state index contributed by atoms with van der Waals surface area (Å²) in [4.78, 5) is 4.80. The van der Waals surface area contributed by atoms with E-state index >= 15 is 0 Å². The summed E-state index contributed by atoms with van der Waals surface area (Å²) in [6.45, 7) is 5.47.